The number of hydrogen-bond donors (Lipinski definition) is 0. The van der Waals surface area contributed by atoms with Crippen LogP contribution in [0.2, 0.25) is 0 Å². The number of hydrogen-bond acceptors (Lipinski definition) is 4. The molecular weight excluding hydrogens is 1270 g/mol. The Morgan fingerprint density at radius 2 is 0.333 bits per heavy atom. The Morgan fingerprint density at radius 3 is 0.505 bits per heavy atom. The van der Waals surface area contributed by atoms with E-state index in [0.717, 1.165) is 22.7 Å². The van der Waals surface area contributed by atoms with E-state index >= 15 is 0 Å². The smallest absolute Gasteiger partial charge is 0.0716 e. The van der Waals surface area contributed by atoms with Crippen molar-refractivity contribution >= 4 is 68.2 Å². The lowest BCUT2D eigenvalue weighted by Gasteiger charge is -2.51. The molecule has 0 aromatic heterocycles. The molecule has 0 radical (unpaired) electrons. The van der Waals surface area contributed by atoms with Gasteiger partial charge < -0.3 is 19.6 Å². The summed E-state index contributed by atoms with van der Waals surface area (Å²) in [6, 6.07) is 110. The van der Waals surface area contributed by atoms with Crippen LogP contribution in [0.15, 0.2) is 279 Å². The summed E-state index contributed by atoms with van der Waals surface area (Å²) in [5, 5.41) is 0. The third-order valence-corrected chi connectivity index (χ3v) is 26.7. The van der Waals surface area contributed by atoms with Crippen molar-refractivity contribution in [1.29, 1.82) is 0 Å². The van der Waals surface area contributed by atoms with E-state index in [4.69, 9.17) is 0 Å². The first kappa shape index (κ1) is 68.0. The molecule has 5 aliphatic rings. The molecule has 4 nitrogen and oxygen atoms in total. The van der Waals surface area contributed by atoms with Crippen molar-refractivity contribution in [1.82, 2.24) is 0 Å². The van der Waals surface area contributed by atoms with Gasteiger partial charge in [-0.25, -0.2) is 0 Å². The molecule has 105 heavy (non-hydrogen) atoms. The predicted octanol–water partition coefficient (Wildman–Crippen LogP) is 27.6. The van der Waals surface area contributed by atoms with Gasteiger partial charge in [0.25, 0.3) is 0 Å². The highest BCUT2D eigenvalue weighted by Crippen LogP contribution is 2.67. The van der Waals surface area contributed by atoms with Crippen LogP contribution in [0.1, 0.15) is 178 Å². The summed E-state index contributed by atoms with van der Waals surface area (Å²) in [5.41, 5.74) is 30.3. The summed E-state index contributed by atoms with van der Waals surface area (Å²) in [7, 11) is 0. The second-order valence-electron chi connectivity index (χ2n) is 33.5. The molecule has 0 atom stereocenters. The molecule has 0 spiro atoms. The maximum Gasteiger partial charge on any atom is 0.0716 e. The molecule has 4 aliphatic heterocycles. The van der Waals surface area contributed by atoms with Crippen molar-refractivity contribution in [2.24, 2.45) is 47.3 Å². The van der Waals surface area contributed by atoms with Gasteiger partial charge in [-0.15, -0.1) is 0 Å². The van der Waals surface area contributed by atoms with Crippen LogP contribution in [0.3, 0.4) is 0 Å². The first-order chi connectivity index (χ1) is 50.7. The maximum atomic E-state index is 2.66. The van der Waals surface area contributed by atoms with Gasteiger partial charge in [0.1, 0.15) is 0 Å². The minimum absolute atomic E-state index is 0.279. The number of benzene rings is 12. The molecule has 4 heterocycles. The van der Waals surface area contributed by atoms with Gasteiger partial charge in [-0.3, -0.25) is 0 Å². The van der Waals surface area contributed by atoms with Crippen LogP contribution in [-0.4, -0.2) is 0 Å². The van der Waals surface area contributed by atoms with Gasteiger partial charge in [-0.2, -0.15) is 0 Å². The minimum Gasteiger partial charge on any atom is -0.310 e. The highest BCUT2D eigenvalue weighted by atomic mass is 15.2. The molecule has 1 aliphatic carbocycles. The van der Waals surface area contributed by atoms with E-state index in [1.807, 2.05) is 0 Å². The summed E-state index contributed by atoms with van der Waals surface area (Å²) < 4.78 is 0. The van der Waals surface area contributed by atoms with Crippen molar-refractivity contribution in [2.75, 3.05) is 19.6 Å². The van der Waals surface area contributed by atoms with E-state index in [1.165, 1.54) is 123 Å². The van der Waals surface area contributed by atoms with Gasteiger partial charge in [0, 0.05) is 44.4 Å². The molecule has 4 heteroatoms. The van der Waals surface area contributed by atoms with Crippen LogP contribution >= 0.6 is 0 Å². The summed E-state index contributed by atoms with van der Waals surface area (Å²) in [6.45, 7) is 39.1. The Labute approximate surface area is 626 Å². The Hall–Kier alpha value is -10.2. The molecule has 0 bridgehead atoms. The van der Waals surface area contributed by atoms with Gasteiger partial charge in [-0.05, 0) is 210 Å². The third-order valence-electron chi connectivity index (χ3n) is 26.7. The SMILES string of the molecule is CC(C)C1(C(C)C)c2ccccc2N(c2cc(N3c4ccccc4C(C(C)C)(C(C)C)c4ccccc43)cc(C3(c4cc(N5c6ccccc6C(C(C)C)(C(C)C)c6ccccc65)cc(N5c6ccccc6C(C(C)C)(C(C)C)c6ccccc65)c4)c4ccccc4-c4ccccc43)c2)c2ccccc21. The van der Waals surface area contributed by atoms with Crippen LogP contribution in [0.5, 0.6) is 0 Å². The number of nitrogens with zero attached hydrogens (tertiary/aromatic N) is 4. The van der Waals surface area contributed by atoms with Gasteiger partial charge in [-0.1, -0.05) is 305 Å². The summed E-state index contributed by atoms with van der Waals surface area (Å²) in [4.78, 5) is 10.6. The lowest BCUT2D eigenvalue weighted by Crippen LogP contribution is -2.44. The van der Waals surface area contributed by atoms with Crippen molar-refractivity contribution < 1.29 is 0 Å². The van der Waals surface area contributed by atoms with Gasteiger partial charge in [0.05, 0.1) is 50.9 Å². The van der Waals surface area contributed by atoms with E-state index < -0.39 is 5.41 Å². The van der Waals surface area contributed by atoms with Crippen molar-refractivity contribution in [3.05, 3.63) is 346 Å². The van der Waals surface area contributed by atoms with E-state index in [2.05, 4.69) is 409 Å². The van der Waals surface area contributed by atoms with Crippen molar-refractivity contribution in [3.8, 4) is 11.1 Å². The molecule has 0 N–H and O–H groups in total. The standard InChI is InChI=1S/C101H102N4/c1-63(2)97(64(3)4)81-41-21-29-49-89(81)102(90-50-30-22-42-82(90)97)73-57-71(58-74(61-73)103-91-51-31-23-43-83(91)98(65(5)6,66(7)8)84-44-24-32-52-92(84)103)101(79-39-19-17-37-77(79)78-38-18-20-40-80(78)101)72-59-75(104-93-53-33-25-45-85(93)99(67(9)10,68(11)12)86-46-26-34-54-94(86)104)62-76(60-72)105-95-55-35-27-47-87(95)100(69(13)14,70(15)16)88-48-28-36-56-96(88)105/h17-70H,1-16H3. The zero-order valence-electron chi connectivity index (χ0n) is 64.5. The summed E-state index contributed by atoms with van der Waals surface area (Å²) >= 11 is 0. The van der Waals surface area contributed by atoms with Crippen molar-refractivity contribution in [3.63, 3.8) is 0 Å². The minimum atomic E-state index is -0.964. The Bertz CT molecular complexity index is 4540. The molecule has 0 unspecified atom stereocenters. The number of para-hydroxylation sites is 8. The number of anilines is 12. The van der Waals surface area contributed by atoms with E-state index in [9.17, 15) is 0 Å². The average Bonchev–Trinajstić information content (AvgIpc) is 1.60. The largest absolute Gasteiger partial charge is 0.310 e. The zero-order chi connectivity index (χ0) is 73.0. The Morgan fingerprint density at radius 1 is 0.181 bits per heavy atom. The van der Waals surface area contributed by atoms with Crippen LogP contribution in [0.25, 0.3) is 11.1 Å². The predicted molar refractivity (Wildman–Crippen MR) is 444 cm³/mol. The molecule has 12 aromatic rings. The lowest BCUT2D eigenvalue weighted by molar-refractivity contribution is 0.272. The first-order valence-corrected chi connectivity index (χ1v) is 39.2. The molecule has 0 fully saturated rings. The van der Waals surface area contributed by atoms with E-state index in [1.54, 1.807) is 0 Å². The van der Waals surface area contributed by atoms with Crippen molar-refractivity contribution in [2.45, 2.75) is 138 Å². The second kappa shape index (κ2) is 25.0. The molecule has 0 saturated carbocycles. The third kappa shape index (κ3) is 9.04. The van der Waals surface area contributed by atoms with Crippen LogP contribution in [0, 0.1) is 47.3 Å². The van der Waals surface area contributed by atoms with Gasteiger partial charge in [0.2, 0.25) is 0 Å². The van der Waals surface area contributed by atoms with Crippen LogP contribution in [-0.2, 0) is 27.1 Å². The molecule has 17 rings (SSSR count). The topological polar surface area (TPSA) is 13.0 Å². The zero-order valence-corrected chi connectivity index (χ0v) is 64.5. The van der Waals surface area contributed by atoms with Gasteiger partial charge >= 0.3 is 0 Å². The summed E-state index contributed by atoms with van der Waals surface area (Å²) in [5.74, 6) is 2.34. The number of rotatable bonds is 14. The lowest BCUT2D eigenvalue weighted by atomic mass is 9.58. The molecule has 526 valence electrons. The molecule has 0 saturated heterocycles. The highest BCUT2D eigenvalue weighted by Gasteiger charge is 2.55. The Balaban J connectivity index is 1.05. The van der Waals surface area contributed by atoms with E-state index in [0.29, 0.717) is 47.3 Å². The normalized spacial score (nSPS) is 16.4. The molecular formula is C101H102N4. The maximum absolute atomic E-state index is 2.66. The fraction of sp³-hybridized carbons (Fsp3) is 0.287. The monoisotopic (exact) mass is 1370 g/mol. The van der Waals surface area contributed by atoms with Gasteiger partial charge in [0.15, 0.2) is 0 Å². The number of fused-ring (bicyclic) bond motifs is 11. The average molecular weight is 1370 g/mol. The quantitative estimate of drug-likeness (QED) is 0.108. The fourth-order valence-corrected chi connectivity index (χ4v) is 23.2. The fourth-order valence-electron chi connectivity index (χ4n) is 23.2. The molecule has 12 aromatic carbocycles. The molecule has 0 amide bonds. The van der Waals surface area contributed by atoms with Crippen LogP contribution < -0.4 is 19.6 Å². The van der Waals surface area contributed by atoms with Crippen LogP contribution in [0.4, 0.5) is 68.2 Å². The Kier molecular flexibility index (Phi) is 16.2. The second-order valence-corrected chi connectivity index (χ2v) is 33.5. The summed E-state index contributed by atoms with van der Waals surface area (Å²) in [6.07, 6.45) is 0. The van der Waals surface area contributed by atoms with E-state index in [-0.39, 0.29) is 21.7 Å². The highest BCUT2D eigenvalue weighted by molar-refractivity contribution is 5.97. The first-order valence-electron chi connectivity index (χ1n) is 39.2.